The van der Waals surface area contributed by atoms with Crippen molar-refractivity contribution in [3.63, 3.8) is 0 Å². The van der Waals surface area contributed by atoms with Crippen molar-refractivity contribution >= 4 is 35.6 Å². The molecule has 1 aliphatic carbocycles. The fourth-order valence-corrected chi connectivity index (χ4v) is 3.12. The van der Waals surface area contributed by atoms with Gasteiger partial charge in [-0.2, -0.15) is 0 Å². The lowest BCUT2D eigenvalue weighted by molar-refractivity contribution is 0.447. The van der Waals surface area contributed by atoms with Crippen LogP contribution in [0.25, 0.3) is 0 Å². The molecule has 0 unspecified atom stereocenters. The summed E-state index contributed by atoms with van der Waals surface area (Å²) < 4.78 is 0. The second kappa shape index (κ2) is 4.38. The number of halogens is 3. The third-order valence-electron chi connectivity index (χ3n) is 3.84. The van der Waals surface area contributed by atoms with Crippen molar-refractivity contribution in [2.45, 2.75) is 18.3 Å². The van der Waals surface area contributed by atoms with Gasteiger partial charge < -0.3 is 5.32 Å². The van der Waals surface area contributed by atoms with Crippen molar-refractivity contribution in [3.8, 4) is 0 Å². The molecular weight excluding hydrogens is 264 g/mol. The molecule has 1 heterocycles. The van der Waals surface area contributed by atoms with Crippen LogP contribution >= 0.6 is 35.6 Å². The minimum absolute atomic E-state index is 0. The Balaban J connectivity index is 0.000000963. The van der Waals surface area contributed by atoms with Crippen LogP contribution in [0.15, 0.2) is 18.2 Å². The van der Waals surface area contributed by atoms with E-state index in [1.807, 2.05) is 12.1 Å². The average Bonchev–Trinajstić information content (AvgIpc) is 2.97. The zero-order chi connectivity index (χ0) is 10.5. The van der Waals surface area contributed by atoms with Crippen molar-refractivity contribution in [1.82, 2.24) is 5.32 Å². The summed E-state index contributed by atoms with van der Waals surface area (Å²) in [7, 11) is 0. The van der Waals surface area contributed by atoms with E-state index in [1.165, 1.54) is 18.4 Å². The zero-order valence-electron chi connectivity index (χ0n) is 8.80. The second-order valence-corrected chi connectivity index (χ2v) is 5.47. The molecule has 0 radical (unpaired) electrons. The summed E-state index contributed by atoms with van der Waals surface area (Å²) in [5.41, 5.74) is 1.72. The highest BCUT2D eigenvalue weighted by molar-refractivity contribution is 6.42. The number of nitrogens with one attached hydrogen (secondary N) is 1. The molecule has 1 aliphatic heterocycles. The van der Waals surface area contributed by atoms with Crippen molar-refractivity contribution in [2.75, 3.05) is 13.1 Å². The maximum Gasteiger partial charge on any atom is 0.0595 e. The highest BCUT2D eigenvalue weighted by Crippen LogP contribution is 2.57. The van der Waals surface area contributed by atoms with E-state index in [0.29, 0.717) is 15.5 Å². The first-order valence-corrected chi connectivity index (χ1v) is 6.14. The van der Waals surface area contributed by atoms with Crippen molar-refractivity contribution in [1.29, 1.82) is 0 Å². The van der Waals surface area contributed by atoms with Gasteiger partial charge in [-0.1, -0.05) is 29.3 Å². The third kappa shape index (κ3) is 1.84. The van der Waals surface area contributed by atoms with Crippen LogP contribution in [0, 0.1) is 5.92 Å². The zero-order valence-corrected chi connectivity index (χ0v) is 11.1. The lowest BCUT2D eigenvalue weighted by atomic mass is 9.90. The normalized spacial score (nSPS) is 31.5. The maximum absolute atomic E-state index is 6.06. The van der Waals surface area contributed by atoms with Gasteiger partial charge in [-0.15, -0.1) is 12.4 Å². The van der Waals surface area contributed by atoms with Crippen LogP contribution in [0.4, 0.5) is 0 Å². The van der Waals surface area contributed by atoms with E-state index in [-0.39, 0.29) is 12.4 Å². The summed E-state index contributed by atoms with van der Waals surface area (Å²) in [5, 5.41) is 4.80. The fourth-order valence-electron chi connectivity index (χ4n) is 2.82. The first-order valence-electron chi connectivity index (χ1n) is 5.39. The maximum atomic E-state index is 6.06. The quantitative estimate of drug-likeness (QED) is 0.826. The Kier molecular flexibility index (Phi) is 3.42. The predicted octanol–water partition coefficient (Wildman–Crippen LogP) is 3.67. The number of fused-ring (bicyclic) bond motifs is 1. The van der Waals surface area contributed by atoms with E-state index >= 15 is 0 Å². The highest BCUT2D eigenvalue weighted by atomic mass is 35.5. The number of hydrogen-bond donors (Lipinski definition) is 1. The minimum atomic E-state index is 0. The highest BCUT2D eigenvalue weighted by Gasteiger charge is 2.55. The van der Waals surface area contributed by atoms with Crippen LogP contribution in [0.5, 0.6) is 0 Å². The van der Waals surface area contributed by atoms with Gasteiger partial charge in [-0.05, 0) is 43.0 Å². The average molecular weight is 279 g/mol. The summed E-state index contributed by atoms with van der Waals surface area (Å²) >= 11 is 12.0. The number of benzene rings is 1. The number of rotatable bonds is 1. The van der Waals surface area contributed by atoms with Crippen molar-refractivity contribution in [3.05, 3.63) is 33.8 Å². The van der Waals surface area contributed by atoms with E-state index in [4.69, 9.17) is 23.2 Å². The molecule has 2 aliphatic rings. The molecule has 0 spiro atoms. The van der Waals surface area contributed by atoms with Gasteiger partial charge in [0.15, 0.2) is 0 Å². The first kappa shape index (κ1) is 12.5. The Hall–Kier alpha value is 0.0500. The van der Waals surface area contributed by atoms with Gasteiger partial charge in [0.2, 0.25) is 0 Å². The van der Waals surface area contributed by atoms with E-state index in [0.717, 1.165) is 19.0 Å². The van der Waals surface area contributed by atoms with Gasteiger partial charge in [0.05, 0.1) is 10.0 Å². The Labute approximate surface area is 112 Å². The Morgan fingerprint density at radius 3 is 2.75 bits per heavy atom. The molecule has 4 heteroatoms. The molecular formula is C12H14Cl3N. The standard InChI is InChI=1S/C12H13Cl2N.ClH/c13-10-2-1-8(5-11(10)14)12-6-9(12)3-4-15-7-12;/h1-2,5,9,15H,3-4,6-7H2;1H/t9-,12+;/m0./s1. The lowest BCUT2D eigenvalue weighted by Crippen LogP contribution is -2.34. The minimum Gasteiger partial charge on any atom is -0.316 e. The molecule has 1 N–H and O–H groups in total. The molecule has 1 saturated carbocycles. The van der Waals surface area contributed by atoms with E-state index in [2.05, 4.69) is 11.4 Å². The van der Waals surface area contributed by atoms with Crippen LogP contribution in [-0.4, -0.2) is 13.1 Å². The Morgan fingerprint density at radius 2 is 2.06 bits per heavy atom. The number of hydrogen-bond acceptors (Lipinski definition) is 1. The Morgan fingerprint density at radius 1 is 1.25 bits per heavy atom. The van der Waals surface area contributed by atoms with Gasteiger partial charge >= 0.3 is 0 Å². The summed E-state index contributed by atoms with van der Waals surface area (Å²) in [5.74, 6) is 0.857. The van der Waals surface area contributed by atoms with Crippen LogP contribution in [-0.2, 0) is 5.41 Å². The van der Waals surface area contributed by atoms with Crippen LogP contribution in [0.2, 0.25) is 10.0 Å². The molecule has 3 rings (SSSR count). The van der Waals surface area contributed by atoms with Gasteiger partial charge in [0.25, 0.3) is 0 Å². The molecule has 88 valence electrons. The molecule has 0 aromatic heterocycles. The van der Waals surface area contributed by atoms with Gasteiger partial charge in [0, 0.05) is 12.0 Å². The molecule has 1 saturated heterocycles. The summed E-state index contributed by atoms with van der Waals surface area (Å²) in [6.45, 7) is 2.25. The smallest absolute Gasteiger partial charge is 0.0595 e. The van der Waals surface area contributed by atoms with Gasteiger partial charge in [-0.3, -0.25) is 0 Å². The second-order valence-electron chi connectivity index (χ2n) is 4.65. The van der Waals surface area contributed by atoms with Crippen LogP contribution in [0.1, 0.15) is 18.4 Å². The largest absolute Gasteiger partial charge is 0.316 e. The summed E-state index contributed by atoms with van der Waals surface area (Å²) in [4.78, 5) is 0. The third-order valence-corrected chi connectivity index (χ3v) is 4.58. The molecule has 16 heavy (non-hydrogen) atoms. The molecule has 0 amide bonds. The van der Waals surface area contributed by atoms with E-state index < -0.39 is 0 Å². The van der Waals surface area contributed by atoms with Crippen LogP contribution < -0.4 is 5.32 Å². The fraction of sp³-hybridized carbons (Fsp3) is 0.500. The predicted molar refractivity (Wildman–Crippen MR) is 71.0 cm³/mol. The molecule has 1 aromatic rings. The van der Waals surface area contributed by atoms with Gasteiger partial charge in [-0.25, -0.2) is 0 Å². The molecule has 1 nitrogen and oxygen atoms in total. The van der Waals surface area contributed by atoms with Gasteiger partial charge in [0.1, 0.15) is 0 Å². The van der Waals surface area contributed by atoms with E-state index in [1.54, 1.807) is 0 Å². The SMILES string of the molecule is Cl.Clc1ccc([C@@]23CNCC[C@H]2C3)cc1Cl. The molecule has 2 fully saturated rings. The molecule has 1 aromatic carbocycles. The first-order chi connectivity index (χ1) is 7.22. The monoisotopic (exact) mass is 277 g/mol. The Bertz CT molecular complexity index is 407. The van der Waals surface area contributed by atoms with Crippen molar-refractivity contribution in [2.24, 2.45) is 5.92 Å². The van der Waals surface area contributed by atoms with Crippen LogP contribution in [0.3, 0.4) is 0 Å². The van der Waals surface area contributed by atoms with E-state index in [9.17, 15) is 0 Å². The lowest BCUT2D eigenvalue weighted by Gasteiger charge is -2.23. The summed E-state index contributed by atoms with van der Waals surface area (Å²) in [6, 6.07) is 6.08. The molecule has 0 bridgehead atoms. The van der Waals surface area contributed by atoms with Crippen molar-refractivity contribution < 1.29 is 0 Å². The topological polar surface area (TPSA) is 12.0 Å². The molecule has 2 atom stereocenters. The summed E-state index contributed by atoms with van der Waals surface area (Å²) in [6.07, 6.45) is 2.60. The number of piperidine rings is 1.